The van der Waals surface area contributed by atoms with Gasteiger partial charge in [0.25, 0.3) is 0 Å². The van der Waals surface area contributed by atoms with E-state index < -0.39 is 11.7 Å². The van der Waals surface area contributed by atoms with Gasteiger partial charge >= 0.3 is 5.91 Å². The first-order chi connectivity index (χ1) is 9.10. The number of hydrogen-bond donors (Lipinski definition) is 2. The van der Waals surface area contributed by atoms with E-state index in [2.05, 4.69) is 15.9 Å². The van der Waals surface area contributed by atoms with Gasteiger partial charge in [0, 0.05) is 6.07 Å². The predicted molar refractivity (Wildman–Crippen MR) is 68.8 cm³/mol. The molecule has 1 aromatic heterocycles. The van der Waals surface area contributed by atoms with Crippen molar-refractivity contribution >= 4 is 21.8 Å². The van der Waals surface area contributed by atoms with Crippen LogP contribution >= 0.6 is 15.9 Å². The van der Waals surface area contributed by atoms with E-state index >= 15 is 0 Å². The van der Waals surface area contributed by atoms with Crippen LogP contribution in [0.3, 0.4) is 0 Å². The lowest BCUT2D eigenvalue weighted by molar-refractivity contribution is 0.0922. The minimum absolute atomic E-state index is 0.0823. The van der Waals surface area contributed by atoms with Gasteiger partial charge in [0.05, 0.1) is 4.47 Å². The number of ether oxygens (including phenoxy) is 1. The Labute approximate surface area is 116 Å². The molecule has 0 spiro atoms. The Hall–Kier alpha value is -1.86. The minimum atomic E-state index is -0.527. The summed E-state index contributed by atoms with van der Waals surface area (Å²) in [5, 5.41) is 0. The van der Waals surface area contributed by atoms with Crippen LogP contribution in [0.5, 0.6) is 5.75 Å². The predicted octanol–water partition coefficient (Wildman–Crippen LogP) is 2.36. The Kier molecular flexibility index (Phi) is 4.18. The Morgan fingerprint density at radius 3 is 2.89 bits per heavy atom. The molecule has 0 unspecified atom stereocenters. The fourth-order valence-electron chi connectivity index (χ4n) is 1.37. The standard InChI is InChI=1S/C12H10BrFN2O3/c13-9-3-1-7(5-10(9)14)18-6-8-2-4-11(19-8)12(17)16-15/h1-5H,6,15H2,(H,16,17). The van der Waals surface area contributed by atoms with Gasteiger partial charge in [-0.1, -0.05) is 0 Å². The Morgan fingerprint density at radius 2 is 2.21 bits per heavy atom. The number of carbonyl (C=O) groups is 1. The molecule has 0 fully saturated rings. The second kappa shape index (κ2) is 5.85. The Bertz CT molecular complexity index is 600. The molecule has 0 aliphatic rings. The molecule has 0 aliphatic carbocycles. The maximum Gasteiger partial charge on any atom is 0.300 e. The van der Waals surface area contributed by atoms with Gasteiger partial charge in [-0.3, -0.25) is 10.2 Å². The van der Waals surface area contributed by atoms with Gasteiger partial charge in [-0.15, -0.1) is 0 Å². The average molecular weight is 329 g/mol. The third kappa shape index (κ3) is 3.33. The average Bonchev–Trinajstić information content (AvgIpc) is 2.88. The number of benzene rings is 1. The van der Waals surface area contributed by atoms with E-state index in [9.17, 15) is 9.18 Å². The molecule has 0 saturated carbocycles. The van der Waals surface area contributed by atoms with Crippen LogP contribution < -0.4 is 16.0 Å². The van der Waals surface area contributed by atoms with Crippen LogP contribution in [0, 0.1) is 5.82 Å². The lowest BCUT2D eigenvalue weighted by Gasteiger charge is -2.04. The summed E-state index contributed by atoms with van der Waals surface area (Å²) in [6.07, 6.45) is 0. The van der Waals surface area contributed by atoms with Crippen LogP contribution in [0.4, 0.5) is 4.39 Å². The number of rotatable bonds is 4. The molecule has 5 nitrogen and oxygen atoms in total. The van der Waals surface area contributed by atoms with E-state index in [0.29, 0.717) is 16.0 Å². The third-order valence-electron chi connectivity index (χ3n) is 2.29. The monoisotopic (exact) mass is 328 g/mol. The van der Waals surface area contributed by atoms with Gasteiger partial charge in [0.2, 0.25) is 0 Å². The van der Waals surface area contributed by atoms with Gasteiger partial charge in [0.15, 0.2) is 5.76 Å². The summed E-state index contributed by atoms with van der Waals surface area (Å²) in [6, 6.07) is 7.47. The van der Waals surface area contributed by atoms with E-state index in [1.807, 2.05) is 5.43 Å². The summed E-state index contributed by atoms with van der Waals surface area (Å²) in [6.45, 7) is 0.0823. The second-order valence-corrected chi connectivity index (χ2v) is 4.46. The molecule has 2 aromatic rings. The molecule has 3 N–H and O–H groups in total. The zero-order chi connectivity index (χ0) is 13.8. The fraction of sp³-hybridized carbons (Fsp3) is 0.0833. The number of nitrogens with one attached hydrogen (secondary N) is 1. The first kappa shape index (κ1) is 13.6. The van der Waals surface area contributed by atoms with Crippen molar-refractivity contribution < 1.29 is 18.3 Å². The number of nitrogen functional groups attached to an aromatic ring is 1. The molecule has 7 heteroatoms. The van der Waals surface area contributed by atoms with E-state index in [4.69, 9.17) is 15.0 Å². The maximum absolute atomic E-state index is 13.2. The van der Waals surface area contributed by atoms with Crippen LogP contribution in [-0.4, -0.2) is 5.91 Å². The summed E-state index contributed by atoms with van der Waals surface area (Å²) >= 11 is 3.05. The summed E-state index contributed by atoms with van der Waals surface area (Å²) in [5.74, 6) is 4.91. The molecule has 2 rings (SSSR count). The number of carbonyl (C=O) groups excluding carboxylic acids is 1. The summed E-state index contributed by atoms with van der Waals surface area (Å²) in [4.78, 5) is 11.2. The van der Waals surface area contributed by atoms with Crippen LogP contribution in [0.15, 0.2) is 39.2 Å². The fourth-order valence-corrected chi connectivity index (χ4v) is 1.62. The summed E-state index contributed by atoms with van der Waals surface area (Å²) in [7, 11) is 0. The molecule has 1 amide bonds. The van der Waals surface area contributed by atoms with E-state index in [-0.39, 0.29) is 12.4 Å². The van der Waals surface area contributed by atoms with Gasteiger partial charge in [0.1, 0.15) is 23.9 Å². The molecule has 0 atom stereocenters. The third-order valence-corrected chi connectivity index (χ3v) is 2.93. The van der Waals surface area contributed by atoms with Gasteiger partial charge in [-0.05, 0) is 40.2 Å². The number of nitrogens with two attached hydrogens (primary N) is 1. The van der Waals surface area contributed by atoms with Crippen molar-refractivity contribution in [3.05, 3.63) is 52.1 Å². The van der Waals surface area contributed by atoms with Crippen molar-refractivity contribution in [1.82, 2.24) is 5.43 Å². The van der Waals surface area contributed by atoms with Crippen molar-refractivity contribution in [2.75, 3.05) is 0 Å². The molecular weight excluding hydrogens is 319 g/mol. The highest BCUT2D eigenvalue weighted by atomic mass is 79.9. The summed E-state index contributed by atoms with van der Waals surface area (Å²) < 4.78 is 24.1. The first-order valence-electron chi connectivity index (χ1n) is 5.27. The number of amides is 1. The molecule has 1 aromatic carbocycles. The Balaban J connectivity index is 2.00. The molecule has 100 valence electrons. The molecule has 0 radical (unpaired) electrons. The molecular formula is C12H10BrFN2O3. The number of hydrazine groups is 1. The van der Waals surface area contributed by atoms with Crippen LogP contribution in [-0.2, 0) is 6.61 Å². The van der Waals surface area contributed by atoms with Gasteiger partial charge < -0.3 is 9.15 Å². The maximum atomic E-state index is 13.2. The van der Waals surface area contributed by atoms with Gasteiger partial charge in [-0.25, -0.2) is 10.2 Å². The molecule has 0 aliphatic heterocycles. The van der Waals surface area contributed by atoms with Crippen molar-refractivity contribution in [3.8, 4) is 5.75 Å². The Morgan fingerprint density at radius 1 is 1.42 bits per heavy atom. The van der Waals surface area contributed by atoms with Crippen LogP contribution in [0.25, 0.3) is 0 Å². The highest BCUT2D eigenvalue weighted by Crippen LogP contribution is 2.22. The van der Waals surface area contributed by atoms with E-state index in [1.54, 1.807) is 18.2 Å². The van der Waals surface area contributed by atoms with Crippen molar-refractivity contribution in [1.29, 1.82) is 0 Å². The quantitative estimate of drug-likeness (QED) is 0.513. The number of halogens is 2. The molecule has 0 bridgehead atoms. The van der Waals surface area contributed by atoms with Crippen molar-refractivity contribution in [2.45, 2.75) is 6.61 Å². The molecule has 0 saturated heterocycles. The molecule has 1 heterocycles. The van der Waals surface area contributed by atoms with E-state index in [0.717, 1.165) is 0 Å². The van der Waals surface area contributed by atoms with Crippen molar-refractivity contribution in [2.24, 2.45) is 5.84 Å². The van der Waals surface area contributed by atoms with Crippen LogP contribution in [0.1, 0.15) is 16.3 Å². The number of furan rings is 1. The summed E-state index contributed by atoms with van der Waals surface area (Å²) in [5.41, 5.74) is 1.95. The second-order valence-electron chi connectivity index (χ2n) is 3.60. The highest BCUT2D eigenvalue weighted by Gasteiger charge is 2.10. The van der Waals surface area contributed by atoms with E-state index in [1.165, 1.54) is 12.1 Å². The number of hydrogen-bond acceptors (Lipinski definition) is 4. The first-order valence-corrected chi connectivity index (χ1v) is 6.07. The zero-order valence-corrected chi connectivity index (χ0v) is 11.2. The minimum Gasteiger partial charge on any atom is -0.486 e. The zero-order valence-electron chi connectivity index (χ0n) is 9.65. The lowest BCUT2D eigenvalue weighted by atomic mass is 10.3. The van der Waals surface area contributed by atoms with Crippen molar-refractivity contribution in [3.63, 3.8) is 0 Å². The lowest BCUT2D eigenvalue weighted by Crippen LogP contribution is -2.29. The van der Waals surface area contributed by atoms with Gasteiger partial charge in [-0.2, -0.15) is 0 Å². The normalized spacial score (nSPS) is 10.3. The SMILES string of the molecule is NNC(=O)c1ccc(COc2ccc(Br)c(F)c2)o1. The smallest absolute Gasteiger partial charge is 0.300 e. The highest BCUT2D eigenvalue weighted by molar-refractivity contribution is 9.10. The largest absolute Gasteiger partial charge is 0.486 e. The molecule has 19 heavy (non-hydrogen) atoms. The van der Waals surface area contributed by atoms with Crippen LogP contribution in [0.2, 0.25) is 0 Å². The topological polar surface area (TPSA) is 77.5 Å².